The number of hydrogen-bond acceptors (Lipinski definition) is 4. The van der Waals surface area contributed by atoms with Crippen molar-refractivity contribution < 1.29 is 9.47 Å². The third-order valence-electron chi connectivity index (χ3n) is 3.38. The van der Waals surface area contributed by atoms with Crippen molar-refractivity contribution in [3.8, 4) is 11.5 Å². The zero-order valence-electron chi connectivity index (χ0n) is 12.1. The lowest BCUT2D eigenvalue weighted by atomic mass is 9.98. The van der Waals surface area contributed by atoms with Gasteiger partial charge in [-0.2, -0.15) is 0 Å². The summed E-state index contributed by atoms with van der Waals surface area (Å²) in [7, 11) is 3.33. The summed E-state index contributed by atoms with van der Waals surface area (Å²) in [5, 5.41) is 0. The average molecular weight is 351 g/mol. The van der Waals surface area contributed by atoms with Gasteiger partial charge in [-0.1, -0.05) is 34.1 Å². The Bertz CT molecular complexity index is 605. The SMILES string of the molecule is COc1ccc(Br)cc1CC(NN)c1ccccc1OC. The number of ether oxygens (including phenoxy) is 2. The summed E-state index contributed by atoms with van der Waals surface area (Å²) >= 11 is 3.49. The number of para-hydroxylation sites is 1. The summed E-state index contributed by atoms with van der Waals surface area (Å²) in [4.78, 5) is 0. The first-order chi connectivity index (χ1) is 10.2. The van der Waals surface area contributed by atoms with E-state index in [-0.39, 0.29) is 6.04 Å². The van der Waals surface area contributed by atoms with Gasteiger partial charge in [0.2, 0.25) is 0 Å². The summed E-state index contributed by atoms with van der Waals surface area (Å²) in [6.45, 7) is 0. The molecule has 0 aliphatic carbocycles. The molecule has 4 nitrogen and oxygen atoms in total. The van der Waals surface area contributed by atoms with Gasteiger partial charge in [-0.15, -0.1) is 0 Å². The van der Waals surface area contributed by atoms with Gasteiger partial charge in [0.05, 0.1) is 20.3 Å². The molecule has 1 unspecified atom stereocenters. The summed E-state index contributed by atoms with van der Waals surface area (Å²) in [6, 6.07) is 13.7. The van der Waals surface area contributed by atoms with Gasteiger partial charge < -0.3 is 9.47 Å². The Hall–Kier alpha value is -1.56. The Labute approximate surface area is 133 Å². The molecule has 2 rings (SSSR count). The highest BCUT2D eigenvalue weighted by atomic mass is 79.9. The first-order valence-electron chi connectivity index (χ1n) is 6.61. The molecule has 1 atom stereocenters. The van der Waals surface area contributed by atoms with Crippen molar-refractivity contribution in [3.05, 3.63) is 58.1 Å². The Morgan fingerprint density at radius 1 is 1.10 bits per heavy atom. The number of hydrazine groups is 1. The molecule has 2 aromatic rings. The number of nitrogens with two attached hydrogens (primary N) is 1. The lowest BCUT2D eigenvalue weighted by Gasteiger charge is -2.20. The molecule has 3 N–H and O–H groups in total. The summed E-state index contributed by atoms with van der Waals surface area (Å²) < 4.78 is 11.8. The first kappa shape index (κ1) is 15.8. The van der Waals surface area contributed by atoms with E-state index < -0.39 is 0 Å². The Balaban J connectivity index is 2.33. The molecule has 0 saturated carbocycles. The topological polar surface area (TPSA) is 56.5 Å². The van der Waals surface area contributed by atoms with E-state index in [0.717, 1.165) is 27.1 Å². The normalized spacial score (nSPS) is 12.0. The second-order valence-corrected chi connectivity index (χ2v) is 5.54. The van der Waals surface area contributed by atoms with E-state index in [1.807, 2.05) is 42.5 Å². The van der Waals surface area contributed by atoms with Crippen LogP contribution in [0.25, 0.3) is 0 Å². The fourth-order valence-electron chi connectivity index (χ4n) is 2.34. The molecule has 0 aliphatic rings. The molecule has 112 valence electrons. The van der Waals surface area contributed by atoms with Crippen LogP contribution in [0, 0.1) is 0 Å². The van der Waals surface area contributed by atoms with Crippen molar-refractivity contribution in [3.63, 3.8) is 0 Å². The number of benzene rings is 2. The van der Waals surface area contributed by atoms with Gasteiger partial charge in [0.1, 0.15) is 11.5 Å². The zero-order chi connectivity index (χ0) is 15.2. The van der Waals surface area contributed by atoms with Gasteiger partial charge in [0.25, 0.3) is 0 Å². The van der Waals surface area contributed by atoms with E-state index in [1.165, 1.54) is 0 Å². The number of hydrogen-bond donors (Lipinski definition) is 2. The molecule has 21 heavy (non-hydrogen) atoms. The van der Waals surface area contributed by atoms with Crippen LogP contribution >= 0.6 is 15.9 Å². The molecule has 5 heteroatoms. The van der Waals surface area contributed by atoms with Gasteiger partial charge in [-0.25, -0.2) is 0 Å². The van der Waals surface area contributed by atoms with E-state index in [0.29, 0.717) is 6.42 Å². The Kier molecular flexibility index (Phi) is 5.61. The van der Waals surface area contributed by atoms with Crippen LogP contribution in [0.4, 0.5) is 0 Å². The minimum atomic E-state index is -0.0654. The first-order valence-corrected chi connectivity index (χ1v) is 7.40. The molecule has 2 aromatic carbocycles. The molecule has 0 radical (unpaired) electrons. The number of methoxy groups -OCH3 is 2. The van der Waals surface area contributed by atoms with Crippen molar-refractivity contribution in [1.29, 1.82) is 0 Å². The third kappa shape index (κ3) is 3.75. The van der Waals surface area contributed by atoms with Gasteiger partial charge in [0.15, 0.2) is 0 Å². The van der Waals surface area contributed by atoms with Crippen molar-refractivity contribution in [2.24, 2.45) is 5.84 Å². The van der Waals surface area contributed by atoms with Crippen molar-refractivity contribution in [2.45, 2.75) is 12.5 Å². The van der Waals surface area contributed by atoms with Gasteiger partial charge in [-0.3, -0.25) is 11.3 Å². The number of halogens is 1. The quantitative estimate of drug-likeness (QED) is 0.620. The van der Waals surface area contributed by atoms with Crippen molar-refractivity contribution in [1.82, 2.24) is 5.43 Å². The highest BCUT2D eigenvalue weighted by Gasteiger charge is 2.17. The van der Waals surface area contributed by atoms with Crippen molar-refractivity contribution >= 4 is 15.9 Å². The fourth-order valence-corrected chi connectivity index (χ4v) is 2.75. The highest BCUT2D eigenvalue weighted by molar-refractivity contribution is 9.10. The lowest BCUT2D eigenvalue weighted by molar-refractivity contribution is 0.393. The van der Waals surface area contributed by atoms with E-state index >= 15 is 0 Å². The largest absolute Gasteiger partial charge is 0.496 e. The molecule has 0 bridgehead atoms. The molecule has 0 spiro atoms. The van der Waals surface area contributed by atoms with Gasteiger partial charge in [0, 0.05) is 10.0 Å². The molecule has 0 aliphatic heterocycles. The molecule has 0 fully saturated rings. The maximum Gasteiger partial charge on any atom is 0.123 e. The van der Waals surface area contributed by atoms with E-state index in [4.69, 9.17) is 15.3 Å². The summed E-state index contributed by atoms with van der Waals surface area (Å²) in [5.41, 5.74) is 4.95. The second kappa shape index (κ2) is 7.45. The Morgan fingerprint density at radius 3 is 2.48 bits per heavy atom. The molecule has 0 amide bonds. The predicted molar refractivity (Wildman–Crippen MR) is 87.5 cm³/mol. The standard InChI is InChI=1S/C16H19BrN2O2/c1-20-15-8-7-12(17)9-11(15)10-14(19-18)13-5-3-4-6-16(13)21-2/h3-9,14,19H,10,18H2,1-2H3. The number of rotatable bonds is 6. The minimum absolute atomic E-state index is 0.0654. The molecular formula is C16H19BrN2O2. The zero-order valence-corrected chi connectivity index (χ0v) is 13.7. The number of nitrogens with one attached hydrogen (secondary N) is 1. The van der Waals surface area contributed by atoms with Gasteiger partial charge in [-0.05, 0) is 36.2 Å². The fraction of sp³-hybridized carbons (Fsp3) is 0.250. The molecule has 0 saturated heterocycles. The van der Waals surface area contributed by atoms with E-state index in [9.17, 15) is 0 Å². The predicted octanol–water partition coefficient (Wildman–Crippen LogP) is 3.21. The monoisotopic (exact) mass is 350 g/mol. The van der Waals surface area contributed by atoms with Crippen LogP contribution in [0.5, 0.6) is 11.5 Å². The molecule has 0 heterocycles. The smallest absolute Gasteiger partial charge is 0.123 e. The van der Waals surface area contributed by atoms with Crippen LogP contribution in [-0.2, 0) is 6.42 Å². The highest BCUT2D eigenvalue weighted by Crippen LogP contribution is 2.31. The van der Waals surface area contributed by atoms with Crippen LogP contribution in [0.2, 0.25) is 0 Å². The second-order valence-electron chi connectivity index (χ2n) is 4.62. The van der Waals surface area contributed by atoms with Crippen LogP contribution in [0.1, 0.15) is 17.2 Å². The maximum absolute atomic E-state index is 5.75. The van der Waals surface area contributed by atoms with Crippen LogP contribution < -0.4 is 20.7 Å². The summed E-state index contributed by atoms with van der Waals surface area (Å²) in [6.07, 6.45) is 0.694. The third-order valence-corrected chi connectivity index (χ3v) is 3.88. The Morgan fingerprint density at radius 2 is 1.81 bits per heavy atom. The average Bonchev–Trinajstić information content (AvgIpc) is 2.52. The van der Waals surface area contributed by atoms with Crippen LogP contribution in [0.15, 0.2) is 46.9 Å². The van der Waals surface area contributed by atoms with E-state index in [1.54, 1.807) is 14.2 Å². The molecular weight excluding hydrogens is 332 g/mol. The van der Waals surface area contributed by atoms with Gasteiger partial charge >= 0.3 is 0 Å². The molecule has 0 aromatic heterocycles. The summed E-state index contributed by atoms with van der Waals surface area (Å²) in [5.74, 6) is 7.40. The minimum Gasteiger partial charge on any atom is -0.496 e. The van der Waals surface area contributed by atoms with E-state index in [2.05, 4.69) is 21.4 Å². The van der Waals surface area contributed by atoms with Crippen LogP contribution in [-0.4, -0.2) is 14.2 Å². The van der Waals surface area contributed by atoms with Crippen molar-refractivity contribution in [2.75, 3.05) is 14.2 Å². The van der Waals surface area contributed by atoms with Crippen LogP contribution in [0.3, 0.4) is 0 Å². The lowest BCUT2D eigenvalue weighted by Crippen LogP contribution is -2.30. The maximum atomic E-state index is 5.75.